The summed E-state index contributed by atoms with van der Waals surface area (Å²) in [5.41, 5.74) is 8.59. The maximum Gasteiger partial charge on any atom is 0.0835 e. The summed E-state index contributed by atoms with van der Waals surface area (Å²) in [5.74, 6) is 0.702. The van der Waals surface area contributed by atoms with Crippen LogP contribution in [0.15, 0.2) is 6.07 Å². The summed E-state index contributed by atoms with van der Waals surface area (Å²) in [6.45, 7) is 4.32. The van der Waals surface area contributed by atoms with Gasteiger partial charge < -0.3 is 10.5 Å². The summed E-state index contributed by atoms with van der Waals surface area (Å²) in [6.07, 6.45) is 5.49. The number of hydrogen-bond acceptors (Lipinski definition) is 3. The Balaban J connectivity index is 2.12. The highest BCUT2D eigenvalue weighted by molar-refractivity contribution is 5.12. The Morgan fingerprint density at radius 2 is 2.37 bits per heavy atom. The van der Waals surface area contributed by atoms with Gasteiger partial charge in [-0.3, -0.25) is 4.68 Å². The molecule has 4 heteroatoms. The van der Waals surface area contributed by atoms with Crippen LogP contribution in [0.2, 0.25) is 0 Å². The minimum atomic E-state index is -0.157. The van der Waals surface area contributed by atoms with Gasteiger partial charge >= 0.3 is 0 Å². The highest BCUT2D eigenvalue weighted by Gasteiger charge is 2.40. The van der Waals surface area contributed by atoms with E-state index < -0.39 is 0 Å². The van der Waals surface area contributed by atoms with Gasteiger partial charge in [0.2, 0.25) is 0 Å². The van der Waals surface area contributed by atoms with Crippen LogP contribution in [0, 0.1) is 12.8 Å². The minimum Gasteiger partial charge on any atom is -0.377 e. The van der Waals surface area contributed by atoms with Crippen molar-refractivity contribution in [3.8, 4) is 0 Å². The van der Waals surface area contributed by atoms with Crippen molar-refractivity contribution < 1.29 is 4.74 Å². The molecule has 1 aromatic rings. The first kappa shape index (κ1) is 14.5. The second-order valence-electron chi connectivity index (χ2n) is 6.18. The van der Waals surface area contributed by atoms with Crippen molar-refractivity contribution in [2.75, 3.05) is 7.11 Å². The first-order chi connectivity index (χ1) is 8.97. The Morgan fingerprint density at radius 3 is 2.89 bits per heavy atom. The molecule has 1 saturated carbocycles. The summed E-state index contributed by atoms with van der Waals surface area (Å²) in [5, 5.41) is 4.39. The summed E-state index contributed by atoms with van der Waals surface area (Å²) >= 11 is 0. The first-order valence-electron chi connectivity index (χ1n) is 7.27. The molecule has 0 bridgehead atoms. The minimum absolute atomic E-state index is 0.0371. The van der Waals surface area contributed by atoms with Gasteiger partial charge in [-0.05, 0) is 31.7 Å². The van der Waals surface area contributed by atoms with Gasteiger partial charge in [0.25, 0.3) is 0 Å². The van der Waals surface area contributed by atoms with Crippen LogP contribution in [0.4, 0.5) is 0 Å². The third-order valence-electron chi connectivity index (χ3n) is 4.60. The van der Waals surface area contributed by atoms with Gasteiger partial charge in [0.1, 0.15) is 0 Å². The molecule has 1 aliphatic rings. The fourth-order valence-corrected chi connectivity index (χ4v) is 3.48. The van der Waals surface area contributed by atoms with Gasteiger partial charge in [0, 0.05) is 32.3 Å². The summed E-state index contributed by atoms with van der Waals surface area (Å²) in [7, 11) is 3.80. The maximum atomic E-state index is 6.50. The number of ether oxygens (including phenoxy) is 1. The molecule has 0 spiro atoms. The molecular weight excluding hydrogens is 238 g/mol. The number of nitrogens with zero attached hydrogens (tertiary/aromatic N) is 2. The van der Waals surface area contributed by atoms with Crippen LogP contribution in [0.1, 0.15) is 44.0 Å². The number of hydrogen-bond donors (Lipinski definition) is 1. The largest absolute Gasteiger partial charge is 0.377 e. The number of aryl methyl sites for hydroxylation is 2. The fraction of sp³-hybridized carbons (Fsp3) is 0.800. The number of nitrogens with two attached hydrogens (primary N) is 1. The molecule has 0 aliphatic heterocycles. The SMILES string of the molecule is COC1(C(N)Cc2cc(C)nn2C)CCCC(C)C1. The van der Waals surface area contributed by atoms with Gasteiger partial charge in [-0.25, -0.2) is 0 Å². The van der Waals surface area contributed by atoms with Crippen LogP contribution >= 0.6 is 0 Å². The van der Waals surface area contributed by atoms with E-state index >= 15 is 0 Å². The third kappa shape index (κ3) is 3.00. The molecule has 2 rings (SSSR count). The smallest absolute Gasteiger partial charge is 0.0835 e. The molecule has 3 atom stereocenters. The molecule has 2 N–H and O–H groups in total. The molecule has 4 nitrogen and oxygen atoms in total. The highest BCUT2D eigenvalue weighted by atomic mass is 16.5. The summed E-state index contributed by atoms with van der Waals surface area (Å²) < 4.78 is 7.81. The van der Waals surface area contributed by atoms with E-state index in [1.165, 1.54) is 18.5 Å². The average molecular weight is 265 g/mol. The second kappa shape index (κ2) is 5.63. The van der Waals surface area contributed by atoms with Crippen molar-refractivity contribution in [1.29, 1.82) is 0 Å². The lowest BCUT2D eigenvalue weighted by Gasteiger charge is -2.43. The van der Waals surface area contributed by atoms with E-state index in [0.717, 1.165) is 25.0 Å². The van der Waals surface area contributed by atoms with Crippen LogP contribution in [-0.4, -0.2) is 28.5 Å². The van der Waals surface area contributed by atoms with E-state index in [-0.39, 0.29) is 11.6 Å². The first-order valence-corrected chi connectivity index (χ1v) is 7.27. The van der Waals surface area contributed by atoms with Crippen molar-refractivity contribution in [2.45, 2.75) is 57.6 Å². The molecule has 1 heterocycles. The molecule has 0 aromatic carbocycles. The molecule has 1 aliphatic carbocycles. The molecule has 0 amide bonds. The molecule has 1 fully saturated rings. The predicted molar refractivity (Wildman–Crippen MR) is 77.0 cm³/mol. The van der Waals surface area contributed by atoms with Crippen LogP contribution in [0.25, 0.3) is 0 Å². The second-order valence-corrected chi connectivity index (χ2v) is 6.18. The summed E-state index contributed by atoms with van der Waals surface area (Å²) in [4.78, 5) is 0. The Morgan fingerprint density at radius 1 is 1.63 bits per heavy atom. The van der Waals surface area contributed by atoms with Gasteiger partial charge in [-0.15, -0.1) is 0 Å². The quantitative estimate of drug-likeness (QED) is 0.908. The predicted octanol–water partition coefficient (Wildman–Crippen LogP) is 2.19. The molecule has 3 unspecified atom stereocenters. The molecular formula is C15H27N3O. The lowest BCUT2D eigenvalue weighted by atomic mass is 9.73. The third-order valence-corrected chi connectivity index (χ3v) is 4.60. The van der Waals surface area contributed by atoms with Crippen molar-refractivity contribution >= 4 is 0 Å². The molecule has 19 heavy (non-hydrogen) atoms. The lowest BCUT2D eigenvalue weighted by Crippen LogP contribution is -2.53. The number of rotatable bonds is 4. The van der Waals surface area contributed by atoms with Crippen LogP contribution < -0.4 is 5.73 Å². The Labute approximate surface area is 116 Å². The van der Waals surface area contributed by atoms with Crippen LogP contribution in [0.5, 0.6) is 0 Å². The van der Waals surface area contributed by atoms with Crippen molar-refractivity contribution in [3.63, 3.8) is 0 Å². The van der Waals surface area contributed by atoms with Crippen molar-refractivity contribution in [2.24, 2.45) is 18.7 Å². The van der Waals surface area contributed by atoms with E-state index in [2.05, 4.69) is 18.1 Å². The molecule has 108 valence electrons. The molecule has 0 radical (unpaired) electrons. The average Bonchev–Trinajstić information content (AvgIpc) is 2.67. The van der Waals surface area contributed by atoms with Crippen LogP contribution in [0.3, 0.4) is 0 Å². The van der Waals surface area contributed by atoms with Gasteiger partial charge in [-0.1, -0.05) is 19.8 Å². The Hall–Kier alpha value is -0.870. The highest BCUT2D eigenvalue weighted by Crippen LogP contribution is 2.37. The van der Waals surface area contributed by atoms with Crippen LogP contribution in [-0.2, 0) is 18.2 Å². The lowest BCUT2D eigenvalue weighted by molar-refractivity contribution is -0.0708. The zero-order valence-electron chi connectivity index (χ0n) is 12.6. The zero-order chi connectivity index (χ0) is 14.0. The van der Waals surface area contributed by atoms with Gasteiger partial charge in [0.05, 0.1) is 11.3 Å². The van der Waals surface area contributed by atoms with Crippen molar-refractivity contribution in [1.82, 2.24) is 9.78 Å². The maximum absolute atomic E-state index is 6.50. The van der Waals surface area contributed by atoms with E-state index in [0.29, 0.717) is 5.92 Å². The fourth-order valence-electron chi connectivity index (χ4n) is 3.48. The van der Waals surface area contributed by atoms with Crippen molar-refractivity contribution in [3.05, 3.63) is 17.5 Å². The van der Waals surface area contributed by atoms with Gasteiger partial charge in [0.15, 0.2) is 0 Å². The monoisotopic (exact) mass is 265 g/mol. The standard InChI is InChI=1S/C15H27N3O/c1-11-6-5-7-15(10-11,19-4)14(16)9-13-8-12(2)17-18(13)3/h8,11,14H,5-7,9-10,16H2,1-4H3. The molecule has 0 saturated heterocycles. The number of methoxy groups -OCH3 is 1. The van der Waals surface area contributed by atoms with E-state index in [1.54, 1.807) is 0 Å². The van der Waals surface area contributed by atoms with E-state index in [4.69, 9.17) is 10.5 Å². The number of aromatic nitrogens is 2. The normalized spacial score (nSPS) is 29.4. The topological polar surface area (TPSA) is 53.1 Å². The van der Waals surface area contributed by atoms with E-state index in [1.807, 2.05) is 25.8 Å². The summed E-state index contributed by atoms with van der Waals surface area (Å²) in [6, 6.07) is 2.16. The Kier molecular flexibility index (Phi) is 4.31. The zero-order valence-corrected chi connectivity index (χ0v) is 12.6. The van der Waals surface area contributed by atoms with Gasteiger partial charge in [-0.2, -0.15) is 5.10 Å². The van der Waals surface area contributed by atoms with E-state index in [9.17, 15) is 0 Å². The molecule has 1 aromatic heterocycles. The Bertz CT molecular complexity index is 429.